The summed E-state index contributed by atoms with van der Waals surface area (Å²) >= 11 is 0. The predicted octanol–water partition coefficient (Wildman–Crippen LogP) is 1.31. The van der Waals surface area contributed by atoms with Crippen LogP contribution in [0.15, 0.2) is 16.9 Å². The first-order valence-electron chi connectivity index (χ1n) is 5.60. The number of ether oxygens (including phenoxy) is 2. The highest BCUT2D eigenvalue weighted by Crippen LogP contribution is 2.33. The molecule has 0 aliphatic heterocycles. The third-order valence-electron chi connectivity index (χ3n) is 3.11. The van der Waals surface area contributed by atoms with Crippen LogP contribution in [-0.2, 0) is 6.54 Å². The van der Waals surface area contributed by atoms with Crippen LogP contribution in [0.2, 0.25) is 0 Å². The average molecular weight is 248 g/mol. The summed E-state index contributed by atoms with van der Waals surface area (Å²) in [5.74, 6) is 1.30. The van der Waals surface area contributed by atoms with Gasteiger partial charge in [0.25, 0.3) is 5.56 Å². The SMILES string of the molecule is COc1ccc(OC)c2c(C)c(CN)c(=O)[nH]c12. The van der Waals surface area contributed by atoms with E-state index >= 15 is 0 Å². The summed E-state index contributed by atoms with van der Waals surface area (Å²) in [7, 11) is 3.15. The van der Waals surface area contributed by atoms with Crippen LogP contribution in [0.3, 0.4) is 0 Å². The third kappa shape index (κ3) is 1.73. The Labute approximate surface area is 105 Å². The molecule has 0 spiro atoms. The van der Waals surface area contributed by atoms with E-state index in [0.717, 1.165) is 10.9 Å². The summed E-state index contributed by atoms with van der Waals surface area (Å²) < 4.78 is 10.6. The Bertz CT molecular complexity index is 647. The van der Waals surface area contributed by atoms with Gasteiger partial charge in [-0.05, 0) is 24.6 Å². The van der Waals surface area contributed by atoms with E-state index in [1.54, 1.807) is 20.3 Å². The molecule has 1 aromatic heterocycles. The van der Waals surface area contributed by atoms with Crippen molar-refractivity contribution < 1.29 is 9.47 Å². The van der Waals surface area contributed by atoms with Crippen LogP contribution in [-0.4, -0.2) is 19.2 Å². The highest BCUT2D eigenvalue weighted by Gasteiger charge is 2.14. The number of nitrogens with two attached hydrogens (primary N) is 1. The third-order valence-corrected chi connectivity index (χ3v) is 3.11. The average Bonchev–Trinajstić information content (AvgIpc) is 2.37. The number of aromatic amines is 1. The molecule has 0 aliphatic rings. The smallest absolute Gasteiger partial charge is 0.253 e. The fraction of sp³-hybridized carbons (Fsp3) is 0.308. The molecule has 1 aromatic carbocycles. The highest BCUT2D eigenvalue weighted by molar-refractivity contribution is 5.93. The zero-order valence-electron chi connectivity index (χ0n) is 10.7. The van der Waals surface area contributed by atoms with E-state index in [0.29, 0.717) is 22.6 Å². The van der Waals surface area contributed by atoms with Gasteiger partial charge in [-0.3, -0.25) is 4.79 Å². The monoisotopic (exact) mass is 248 g/mol. The minimum Gasteiger partial charge on any atom is -0.496 e. The van der Waals surface area contributed by atoms with Gasteiger partial charge in [0.05, 0.1) is 19.7 Å². The Kier molecular flexibility index (Phi) is 3.25. The largest absolute Gasteiger partial charge is 0.496 e. The standard InChI is InChI=1S/C13H16N2O3/c1-7-8(6-14)13(16)15-12-10(18-3)5-4-9(17-2)11(7)12/h4-5H,6,14H2,1-3H3,(H,15,16). The highest BCUT2D eigenvalue weighted by atomic mass is 16.5. The first-order valence-corrected chi connectivity index (χ1v) is 5.60. The lowest BCUT2D eigenvalue weighted by Gasteiger charge is -2.13. The van der Waals surface area contributed by atoms with Gasteiger partial charge in [-0.1, -0.05) is 0 Å². The van der Waals surface area contributed by atoms with Crippen LogP contribution in [0.1, 0.15) is 11.1 Å². The van der Waals surface area contributed by atoms with Crippen LogP contribution < -0.4 is 20.8 Å². The summed E-state index contributed by atoms with van der Waals surface area (Å²) in [4.78, 5) is 14.7. The number of aryl methyl sites for hydroxylation is 1. The van der Waals surface area contributed by atoms with Crippen LogP contribution in [0.25, 0.3) is 10.9 Å². The number of methoxy groups -OCH3 is 2. The fourth-order valence-electron chi connectivity index (χ4n) is 2.16. The molecule has 0 saturated heterocycles. The van der Waals surface area contributed by atoms with Crippen molar-refractivity contribution in [2.24, 2.45) is 5.73 Å². The number of benzene rings is 1. The Morgan fingerprint density at radius 3 is 2.39 bits per heavy atom. The minimum atomic E-state index is -0.186. The van der Waals surface area contributed by atoms with Gasteiger partial charge in [0.2, 0.25) is 0 Å². The van der Waals surface area contributed by atoms with Crippen molar-refractivity contribution in [1.29, 1.82) is 0 Å². The lowest BCUT2D eigenvalue weighted by atomic mass is 10.0. The number of hydrogen-bond acceptors (Lipinski definition) is 4. The maximum atomic E-state index is 11.9. The second kappa shape index (κ2) is 4.70. The van der Waals surface area contributed by atoms with Crippen molar-refractivity contribution in [1.82, 2.24) is 4.98 Å². The van der Waals surface area contributed by atoms with E-state index in [4.69, 9.17) is 15.2 Å². The quantitative estimate of drug-likeness (QED) is 0.858. The van der Waals surface area contributed by atoms with Crippen molar-refractivity contribution in [3.05, 3.63) is 33.6 Å². The minimum absolute atomic E-state index is 0.186. The molecule has 0 bridgehead atoms. The van der Waals surface area contributed by atoms with E-state index in [1.165, 1.54) is 0 Å². The Balaban J connectivity index is 2.98. The Hall–Kier alpha value is -2.01. The molecule has 0 fully saturated rings. The molecule has 0 saturated carbocycles. The molecule has 2 aromatic rings. The lowest BCUT2D eigenvalue weighted by Crippen LogP contribution is -2.18. The second-order valence-corrected chi connectivity index (χ2v) is 3.98. The van der Waals surface area contributed by atoms with Crippen molar-refractivity contribution in [3.63, 3.8) is 0 Å². The molecule has 3 N–H and O–H groups in total. The first-order chi connectivity index (χ1) is 8.63. The van der Waals surface area contributed by atoms with E-state index in [1.807, 2.05) is 13.0 Å². The van der Waals surface area contributed by atoms with Crippen LogP contribution in [0, 0.1) is 6.92 Å². The van der Waals surface area contributed by atoms with E-state index in [2.05, 4.69) is 4.98 Å². The number of fused-ring (bicyclic) bond motifs is 1. The van der Waals surface area contributed by atoms with Gasteiger partial charge in [-0.15, -0.1) is 0 Å². The molecule has 96 valence electrons. The fourth-order valence-corrected chi connectivity index (χ4v) is 2.16. The molecule has 5 nitrogen and oxygen atoms in total. The lowest BCUT2D eigenvalue weighted by molar-refractivity contribution is 0.409. The number of aromatic nitrogens is 1. The second-order valence-electron chi connectivity index (χ2n) is 3.98. The molecule has 1 heterocycles. The summed E-state index contributed by atoms with van der Waals surface area (Å²) in [6, 6.07) is 3.57. The molecule has 0 amide bonds. The molecule has 2 rings (SSSR count). The van der Waals surface area contributed by atoms with Crippen LogP contribution >= 0.6 is 0 Å². The van der Waals surface area contributed by atoms with E-state index in [-0.39, 0.29) is 12.1 Å². The summed E-state index contributed by atoms with van der Waals surface area (Å²) in [5.41, 5.74) is 7.45. The molecule has 0 aliphatic carbocycles. The number of H-pyrrole nitrogens is 1. The normalized spacial score (nSPS) is 10.7. The summed E-state index contributed by atoms with van der Waals surface area (Å²) in [5, 5.41) is 0.830. The van der Waals surface area contributed by atoms with Crippen LogP contribution in [0.4, 0.5) is 0 Å². The molecule has 0 unspecified atom stereocenters. The maximum Gasteiger partial charge on any atom is 0.253 e. The number of pyridine rings is 1. The Morgan fingerprint density at radius 2 is 1.83 bits per heavy atom. The van der Waals surface area contributed by atoms with E-state index in [9.17, 15) is 4.79 Å². The molecule has 0 atom stereocenters. The zero-order valence-corrected chi connectivity index (χ0v) is 10.7. The van der Waals surface area contributed by atoms with Crippen molar-refractivity contribution in [2.45, 2.75) is 13.5 Å². The molecule has 0 radical (unpaired) electrons. The van der Waals surface area contributed by atoms with Gasteiger partial charge in [-0.2, -0.15) is 0 Å². The summed E-state index contributed by atoms with van der Waals surface area (Å²) in [6.07, 6.45) is 0. The number of nitrogens with one attached hydrogen (secondary N) is 1. The number of hydrogen-bond donors (Lipinski definition) is 2. The van der Waals surface area contributed by atoms with E-state index < -0.39 is 0 Å². The molecular weight excluding hydrogens is 232 g/mol. The van der Waals surface area contributed by atoms with Gasteiger partial charge < -0.3 is 20.2 Å². The van der Waals surface area contributed by atoms with Crippen molar-refractivity contribution in [3.8, 4) is 11.5 Å². The van der Waals surface area contributed by atoms with Crippen molar-refractivity contribution >= 4 is 10.9 Å². The number of rotatable bonds is 3. The first kappa shape index (κ1) is 12.4. The van der Waals surface area contributed by atoms with Gasteiger partial charge >= 0.3 is 0 Å². The topological polar surface area (TPSA) is 77.3 Å². The van der Waals surface area contributed by atoms with Crippen LogP contribution in [0.5, 0.6) is 11.5 Å². The summed E-state index contributed by atoms with van der Waals surface area (Å²) in [6.45, 7) is 2.05. The van der Waals surface area contributed by atoms with Crippen molar-refractivity contribution in [2.75, 3.05) is 14.2 Å². The Morgan fingerprint density at radius 1 is 1.22 bits per heavy atom. The molecule has 5 heteroatoms. The van der Waals surface area contributed by atoms with Gasteiger partial charge in [0.1, 0.15) is 11.5 Å². The van der Waals surface area contributed by atoms with Gasteiger partial charge in [-0.25, -0.2) is 0 Å². The zero-order chi connectivity index (χ0) is 13.3. The predicted molar refractivity (Wildman–Crippen MR) is 70.3 cm³/mol. The molecule has 18 heavy (non-hydrogen) atoms. The molecular formula is C13H16N2O3. The maximum absolute atomic E-state index is 11.9. The van der Waals surface area contributed by atoms with Gasteiger partial charge in [0, 0.05) is 17.5 Å². The van der Waals surface area contributed by atoms with Gasteiger partial charge in [0.15, 0.2) is 0 Å².